The van der Waals surface area contributed by atoms with Gasteiger partial charge in [0.15, 0.2) is 0 Å². The predicted octanol–water partition coefficient (Wildman–Crippen LogP) is 1.34. The molecule has 5 heteroatoms. The van der Waals surface area contributed by atoms with Gasteiger partial charge in [-0.2, -0.15) is 0 Å². The van der Waals surface area contributed by atoms with Crippen molar-refractivity contribution in [2.45, 2.75) is 32.8 Å². The molecule has 0 saturated carbocycles. The van der Waals surface area contributed by atoms with Crippen molar-refractivity contribution in [3.63, 3.8) is 0 Å². The highest BCUT2D eigenvalue weighted by molar-refractivity contribution is 5.98. The Hall–Kier alpha value is -1.88. The molecule has 1 unspecified atom stereocenters. The molecule has 1 aromatic carbocycles. The first-order chi connectivity index (χ1) is 9.90. The number of nitrogens with zero attached hydrogens (tertiary/aromatic N) is 1. The number of carbonyl (C=O) groups excluding carboxylic acids is 2. The van der Waals surface area contributed by atoms with E-state index in [9.17, 15) is 14.7 Å². The first-order valence-corrected chi connectivity index (χ1v) is 7.26. The number of benzene rings is 1. The maximum atomic E-state index is 12.1. The van der Waals surface area contributed by atoms with Crippen LogP contribution in [0.15, 0.2) is 18.2 Å². The Morgan fingerprint density at radius 2 is 2.10 bits per heavy atom. The maximum absolute atomic E-state index is 12.1. The third-order valence-electron chi connectivity index (χ3n) is 3.93. The van der Waals surface area contributed by atoms with Gasteiger partial charge in [-0.3, -0.25) is 9.59 Å². The fourth-order valence-electron chi connectivity index (χ4n) is 2.33. The topological polar surface area (TPSA) is 69.6 Å². The van der Waals surface area contributed by atoms with E-state index in [0.29, 0.717) is 18.4 Å². The number of amides is 2. The number of hydrogen-bond acceptors (Lipinski definition) is 3. The van der Waals surface area contributed by atoms with Crippen LogP contribution in [-0.4, -0.2) is 36.6 Å². The summed E-state index contributed by atoms with van der Waals surface area (Å²) >= 11 is 0. The van der Waals surface area contributed by atoms with Crippen LogP contribution >= 0.6 is 0 Å². The van der Waals surface area contributed by atoms with Crippen molar-refractivity contribution in [3.8, 4) is 0 Å². The maximum Gasteiger partial charge on any atom is 0.251 e. The monoisotopic (exact) mass is 290 g/mol. The van der Waals surface area contributed by atoms with E-state index < -0.39 is 6.10 Å². The lowest BCUT2D eigenvalue weighted by Crippen LogP contribution is -2.35. The highest BCUT2D eigenvalue weighted by atomic mass is 16.3. The van der Waals surface area contributed by atoms with E-state index in [0.717, 1.165) is 11.3 Å². The lowest BCUT2D eigenvalue weighted by Gasteiger charge is -2.26. The van der Waals surface area contributed by atoms with E-state index in [4.69, 9.17) is 0 Å². The second-order valence-corrected chi connectivity index (χ2v) is 5.82. The summed E-state index contributed by atoms with van der Waals surface area (Å²) in [4.78, 5) is 25.4. The molecule has 2 N–H and O–H groups in total. The number of hydrogen-bond donors (Lipinski definition) is 2. The molecule has 0 bridgehead atoms. The smallest absolute Gasteiger partial charge is 0.251 e. The van der Waals surface area contributed by atoms with Gasteiger partial charge in [-0.1, -0.05) is 13.8 Å². The van der Waals surface area contributed by atoms with Crippen molar-refractivity contribution < 1.29 is 14.7 Å². The van der Waals surface area contributed by atoms with Gasteiger partial charge < -0.3 is 15.3 Å². The summed E-state index contributed by atoms with van der Waals surface area (Å²) in [6.07, 6.45) is 0.588. The van der Waals surface area contributed by atoms with Crippen LogP contribution in [0.2, 0.25) is 0 Å². The molecule has 0 spiro atoms. The lowest BCUT2D eigenvalue weighted by molar-refractivity contribution is -0.118. The normalized spacial score (nSPS) is 15.9. The SMILES string of the molecule is CC(C)C(O)CNC(=O)c1ccc2c(c1)CCC(=O)N2C. The summed E-state index contributed by atoms with van der Waals surface area (Å²) in [5, 5.41) is 12.5. The molecule has 2 rings (SSSR count). The van der Waals surface area contributed by atoms with Crippen LogP contribution in [0, 0.1) is 5.92 Å². The summed E-state index contributed by atoms with van der Waals surface area (Å²) in [5.41, 5.74) is 2.44. The highest BCUT2D eigenvalue weighted by Crippen LogP contribution is 2.27. The third-order valence-corrected chi connectivity index (χ3v) is 3.93. The van der Waals surface area contributed by atoms with Crippen molar-refractivity contribution in [2.24, 2.45) is 5.92 Å². The molecule has 2 amide bonds. The number of nitrogens with one attached hydrogen (secondary N) is 1. The average Bonchev–Trinajstić information content (AvgIpc) is 2.47. The molecule has 1 aromatic rings. The number of anilines is 1. The number of carbonyl (C=O) groups is 2. The average molecular weight is 290 g/mol. The van der Waals surface area contributed by atoms with E-state index in [1.165, 1.54) is 0 Å². The van der Waals surface area contributed by atoms with Crippen LogP contribution < -0.4 is 10.2 Å². The molecule has 0 aromatic heterocycles. The first-order valence-electron chi connectivity index (χ1n) is 7.26. The van der Waals surface area contributed by atoms with Crippen LogP contribution in [-0.2, 0) is 11.2 Å². The number of rotatable bonds is 4. The van der Waals surface area contributed by atoms with E-state index in [1.807, 2.05) is 19.9 Å². The molecule has 0 fully saturated rings. The van der Waals surface area contributed by atoms with Gasteiger partial charge in [0.2, 0.25) is 5.91 Å². The molecule has 0 radical (unpaired) electrons. The molecular formula is C16H22N2O3. The zero-order chi connectivity index (χ0) is 15.6. The molecule has 114 valence electrons. The third kappa shape index (κ3) is 3.42. The molecule has 1 heterocycles. The molecule has 21 heavy (non-hydrogen) atoms. The van der Waals surface area contributed by atoms with Gasteiger partial charge in [-0.05, 0) is 36.1 Å². The fourth-order valence-corrected chi connectivity index (χ4v) is 2.33. The van der Waals surface area contributed by atoms with Crippen molar-refractivity contribution in [2.75, 3.05) is 18.5 Å². The Morgan fingerprint density at radius 1 is 1.38 bits per heavy atom. The van der Waals surface area contributed by atoms with E-state index >= 15 is 0 Å². The predicted molar refractivity (Wildman–Crippen MR) is 81.4 cm³/mol. The lowest BCUT2D eigenvalue weighted by atomic mass is 9.99. The van der Waals surface area contributed by atoms with Gasteiger partial charge in [0, 0.05) is 31.3 Å². The van der Waals surface area contributed by atoms with Gasteiger partial charge in [-0.15, -0.1) is 0 Å². The van der Waals surface area contributed by atoms with Gasteiger partial charge >= 0.3 is 0 Å². The van der Waals surface area contributed by atoms with Crippen LogP contribution in [0.3, 0.4) is 0 Å². The summed E-state index contributed by atoms with van der Waals surface area (Å²) < 4.78 is 0. The second-order valence-electron chi connectivity index (χ2n) is 5.82. The minimum Gasteiger partial charge on any atom is -0.391 e. The Kier molecular flexibility index (Phi) is 4.63. The fraction of sp³-hybridized carbons (Fsp3) is 0.500. The largest absolute Gasteiger partial charge is 0.391 e. The van der Waals surface area contributed by atoms with Crippen molar-refractivity contribution in [1.82, 2.24) is 5.32 Å². The summed E-state index contributed by atoms with van der Waals surface area (Å²) in [5.74, 6) is 0.00491. The highest BCUT2D eigenvalue weighted by Gasteiger charge is 2.22. The van der Waals surface area contributed by atoms with Gasteiger partial charge in [0.05, 0.1) is 6.10 Å². The number of aliphatic hydroxyl groups excluding tert-OH is 1. The molecular weight excluding hydrogens is 268 g/mol. The number of aryl methyl sites for hydroxylation is 1. The quantitative estimate of drug-likeness (QED) is 0.879. The summed E-state index contributed by atoms with van der Waals surface area (Å²) in [6.45, 7) is 4.05. The van der Waals surface area contributed by atoms with Crippen molar-refractivity contribution in [3.05, 3.63) is 29.3 Å². The van der Waals surface area contributed by atoms with Crippen molar-refractivity contribution in [1.29, 1.82) is 0 Å². The minimum absolute atomic E-state index is 0.0970. The number of aliphatic hydroxyl groups is 1. The first kappa shape index (κ1) is 15.5. The van der Waals surface area contributed by atoms with Crippen LogP contribution in [0.25, 0.3) is 0 Å². The second kappa shape index (κ2) is 6.26. The number of fused-ring (bicyclic) bond motifs is 1. The Balaban J connectivity index is 2.08. The molecule has 5 nitrogen and oxygen atoms in total. The minimum atomic E-state index is -0.546. The molecule has 0 saturated heterocycles. The Bertz CT molecular complexity index is 554. The van der Waals surface area contributed by atoms with Crippen LogP contribution in [0.4, 0.5) is 5.69 Å². The summed E-state index contributed by atoms with van der Waals surface area (Å²) in [7, 11) is 1.75. The van der Waals surface area contributed by atoms with E-state index in [1.54, 1.807) is 24.1 Å². The van der Waals surface area contributed by atoms with Crippen molar-refractivity contribution >= 4 is 17.5 Å². The molecule has 1 atom stereocenters. The van der Waals surface area contributed by atoms with Gasteiger partial charge in [0.1, 0.15) is 0 Å². The summed E-state index contributed by atoms with van der Waals surface area (Å²) in [6, 6.07) is 5.35. The van der Waals surface area contributed by atoms with E-state index in [2.05, 4.69) is 5.32 Å². The van der Waals surface area contributed by atoms with Crippen LogP contribution in [0.1, 0.15) is 36.2 Å². The zero-order valence-electron chi connectivity index (χ0n) is 12.7. The zero-order valence-corrected chi connectivity index (χ0v) is 12.7. The van der Waals surface area contributed by atoms with Gasteiger partial charge in [-0.25, -0.2) is 0 Å². The Morgan fingerprint density at radius 3 is 2.76 bits per heavy atom. The van der Waals surface area contributed by atoms with Gasteiger partial charge in [0.25, 0.3) is 5.91 Å². The molecule has 1 aliphatic rings. The van der Waals surface area contributed by atoms with Crippen LogP contribution in [0.5, 0.6) is 0 Å². The molecule has 0 aliphatic carbocycles. The standard InChI is InChI=1S/C16H22N2O3/c1-10(2)14(19)9-17-16(21)12-4-6-13-11(8-12)5-7-15(20)18(13)3/h4,6,8,10,14,19H,5,7,9H2,1-3H3,(H,17,21). The molecule has 1 aliphatic heterocycles. The Labute approximate surface area is 125 Å². The van der Waals surface area contributed by atoms with E-state index in [-0.39, 0.29) is 24.3 Å².